The number of aromatic nitrogens is 3. The molecule has 10 nitrogen and oxygen atoms in total. The Bertz CT molecular complexity index is 1310. The lowest BCUT2D eigenvalue weighted by molar-refractivity contribution is -0.384. The lowest BCUT2D eigenvalue weighted by Crippen LogP contribution is -2.26. The summed E-state index contributed by atoms with van der Waals surface area (Å²) >= 11 is 13.0. The molecule has 0 unspecified atom stereocenters. The maximum atomic E-state index is 12.5. The Balaban J connectivity index is 1.59. The fraction of sp³-hybridized carbons (Fsp3) is 0.217. The second-order valence-electron chi connectivity index (χ2n) is 7.53. The summed E-state index contributed by atoms with van der Waals surface area (Å²) in [5.41, 5.74) is 1.36. The number of halogens is 2. The number of benzene rings is 2. The van der Waals surface area contributed by atoms with Gasteiger partial charge in [-0.15, -0.1) is 16.8 Å². The molecule has 0 aliphatic rings. The van der Waals surface area contributed by atoms with Gasteiger partial charge in [0.1, 0.15) is 5.82 Å². The van der Waals surface area contributed by atoms with Crippen molar-refractivity contribution in [3.05, 3.63) is 86.2 Å². The molecule has 2 N–H and O–H groups in total. The zero-order chi connectivity index (χ0) is 26.2. The van der Waals surface area contributed by atoms with Crippen molar-refractivity contribution in [1.29, 1.82) is 0 Å². The summed E-state index contributed by atoms with van der Waals surface area (Å²) in [7, 11) is 0. The molecule has 0 radical (unpaired) electrons. The molecular formula is C23H22Cl2N6O4S. The van der Waals surface area contributed by atoms with Crippen LogP contribution in [-0.2, 0) is 17.8 Å². The van der Waals surface area contributed by atoms with Crippen LogP contribution in [0.15, 0.2) is 54.2 Å². The third kappa shape index (κ3) is 7.06. The molecule has 3 rings (SSSR count). The Morgan fingerprint density at radius 3 is 2.67 bits per heavy atom. The summed E-state index contributed by atoms with van der Waals surface area (Å²) in [5, 5.41) is 26.0. The van der Waals surface area contributed by atoms with Crippen LogP contribution >= 0.6 is 35.0 Å². The van der Waals surface area contributed by atoms with Crippen molar-refractivity contribution >= 4 is 58.2 Å². The number of nitrogens with zero attached hydrogens (tertiary/aromatic N) is 4. The lowest BCUT2D eigenvalue weighted by atomic mass is 10.2. The quantitative estimate of drug-likeness (QED) is 0.154. The van der Waals surface area contributed by atoms with Gasteiger partial charge in [0.15, 0.2) is 5.16 Å². The summed E-state index contributed by atoms with van der Waals surface area (Å²) in [5.74, 6) is -0.00843. The van der Waals surface area contributed by atoms with Crippen molar-refractivity contribution in [2.45, 2.75) is 25.0 Å². The minimum absolute atomic E-state index is 0.0193. The molecule has 3 aromatic rings. The van der Waals surface area contributed by atoms with Crippen LogP contribution in [0.1, 0.15) is 21.7 Å². The number of amides is 2. The number of carbonyl (C=O) groups is 2. The molecule has 0 aliphatic carbocycles. The molecule has 0 aliphatic heterocycles. The van der Waals surface area contributed by atoms with Gasteiger partial charge in [-0.3, -0.25) is 19.7 Å². The van der Waals surface area contributed by atoms with Crippen LogP contribution in [0.3, 0.4) is 0 Å². The van der Waals surface area contributed by atoms with E-state index in [2.05, 4.69) is 27.4 Å². The highest BCUT2D eigenvalue weighted by molar-refractivity contribution is 7.99. The van der Waals surface area contributed by atoms with Crippen molar-refractivity contribution in [1.82, 2.24) is 20.1 Å². The Morgan fingerprint density at radius 2 is 1.97 bits per heavy atom. The van der Waals surface area contributed by atoms with Gasteiger partial charge in [0, 0.05) is 37.2 Å². The van der Waals surface area contributed by atoms with Crippen LogP contribution in [-0.4, -0.2) is 43.8 Å². The SMILES string of the molecule is C=CCn1c(CCNC(=O)c2ccc(Cl)c(Cl)c2)nnc1SCC(=O)Nc1cc([N+](=O)[O-])ccc1C. The van der Waals surface area contributed by atoms with E-state index in [1.165, 1.54) is 30.0 Å². The third-order valence-electron chi connectivity index (χ3n) is 4.96. The number of non-ortho nitro benzene ring substituents is 1. The van der Waals surface area contributed by atoms with E-state index >= 15 is 0 Å². The van der Waals surface area contributed by atoms with E-state index in [4.69, 9.17) is 23.2 Å². The molecule has 0 spiro atoms. The van der Waals surface area contributed by atoms with E-state index in [0.29, 0.717) is 57.4 Å². The van der Waals surface area contributed by atoms with Crippen LogP contribution in [0.2, 0.25) is 10.0 Å². The van der Waals surface area contributed by atoms with Crippen molar-refractivity contribution in [2.24, 2.45) is 0 Å². The predicted molar refractivity (Wildman–Crippen MR) is 140 cm³/mol. The zero-order valence-corrected chi connectivity index (χ0v) is 21.5. The molecule has 36 heavy (non-hydrogen) atoms. The van der Waals surface area contributed by atoms with Crippen LogP contribution in [0.4, 0.5) is 11.4 Å². The topological polar surface area (TPSA) is 132 Å². The summed E-state index contributed by atoms with van der Waals surface area (Å²) in [4.78, 5) is 35.3. The molecule has 13 heteroatoms. The van der Waals surface area contributed by atoms with E-state index in [-0.39, 0.29) is 23.3 Å². The number of anilines is 1. The number of hydrogen-bond donors (Lipinski definition) is 2. The fourth-order valence-corrected chi connectivity index (χ4v) is 4.19. The zero-order valence-electron chi connectivity index (χ0n) is 19.2. The van der Waals surface area contributed by atoms with E-state index < -0.39 is 4.92 Å². The van der Waals surface area contributed by atoms with E-state index in [1.54, 1.807) is 35.8 Å². The first-order valence-electron chi connectivity index (χ1n) is 10.6. The Kier molecular flexibility index (Phi) is 9.45. The molecule has 2 amide bonds. The molecule has 1 aromatic heterocycles. The molecule has 0 atom stereocenters. The van der Waals surface area contributed by atoms with Gasteiger partial charge >= 0.3 is 0 Å². The van der Waals surface area contributed by atoms with Gasteiger partial charge in [0.25, 0.3) is 11.6 Å². The number of aryl methyl sites for hydroxylation is 1. The average molecular weight is 549 g/mol. The van der Waals surface area contributed by atoms with Crippen LogP contribution in [0, 0.1) is 17.0 Å². The maximum Gasteiger partial charge on any atom is 0.271 e. The molecule has 0 saturated heterocycles. The first-order valence-corrected chi connectivity index (χ1v) is 12.4. The number of allylic oxidation sites excluding steroid dienone is 1. The summed E-state index contributed by atoms with van der Waals surface area (Å²) in [6, 6.07) is 8.91. The number of nitrogens with one attached hydrogen (secondary N) is 2. The molecule has 1 heterocycles. The molecular weight excluding hydrogens is 527 g/mol. The normalized spacial score (nSPS) is 10.6. The highest BCUT2D eigenvalue weighted by atomic mass is 35.5. The van der Waals surface area contributed by atoms with E-state index in [9.17, 15) is 19.7 Å². The highest BCUT2D eigenvalue weighted by Crippen LogP contribution is 2.24. The van der Waals surface area contributed by atoms with Crippen LogP contribution in [0.5, 0.6) is 0 Å². The summed E-state index contributed by atoms with van der Waals surface area (Å²) < 4.78 is 1.80. The van der Waals surface area contributed by atoms with Crippen molar-refractivity contribution in [2.75, 3.05) is 17.6 Å². The minimum Gasteiger partial charge on any atom is -0.352 e. The van der Waals surface area contributed by atoms with Gasteiger partial charge in [-0.1, -0.05) is 47.1 Å². The van der Waals surface area contributed by atoms with Crippen molar-refractivity contribution < 1.29 is 14.5 Å². The molecule has 0 saturated carbocycles. The number of hydrogen-bond acceptors (Lipinski definition) is 7. The first kappa shape index (κ1) is 27.2. The average Bonchev–Trinajstić information content (AvgIpc) is 3.22. The largest absolute Gasteiger partial charge is 0.352 e. The van der Waals surface area contributed by atoms with Gasteiger partial charge in [0.2, 0.25) is 5.91 Å². The van der Waals surface area contributed by atoms with E-state index in [1.807, 2.05) is 0 Å². The van der Waals surface area contributed by atoms with Gasteiger partial charge < -0.3 is 15.2 Å². The number of nitro benzene ring substituents is 1. The highest BCUT2D eigenvalue weighted by Gasteiger charge is 2.16. The molecule has 2 aromatic carbocycles. The number of thioether (sulfide) groups is 1. The summed E-state index contributed by atoms with van der Waals surface area (Å²) in [6.45, 7) is 6.21. The second kappa shape index (κ2) is 12.5. The maximum absolute atomic E-state index is 12.5. The monoisotopic (exact) mass is 548 g/mol. The predicted octanol–water partition coefficient (Wildman–Crippen LogP) is 4.69. The fourth-order valence-electron chi connectivity index (χ4n) is 3.13. The van der Waals surface area contributed by atoms with Crippen LogP contribution in [0.25, 0.3) is 0 Å². The van der Waals surface area contributed by atoms with Gasteiger partial charge in [-0.2, -0.15) is 0 Å². The Labute approximate surface area is 221 Å². The number of nitro groups is 1. The number of carbonyl (C=O) groups excluding carboxylic acids is 2. The Hall–Kier alpha value is -3.41. The standard InChI is InChI=1S/C23H22Cl2N6O4S/c1-3-10-30-20(8-9-26-22(33)15-5-7-17(24)18(25)11-15)28-29-23(30)36-13-21(32)27-19-12-16(31(34)35)6-4-14(19)2/h3-7,11-12H,1,8-10,13H2,2H3,(H,26,33)(H,27,32). The van der Waals surface area contributed by atoms with Gasteiger partial charge in [-0.25, -0.2) is 0 Å². The lowest BCUT2D eigenvalue weighted by Gasteiger charge is -2.10. The van der Waals surface area contributed by atoms with Gasteiger partial charge in [0.05, 0.1) is 26.4 Å². The third-order valence-corrected chi connectivity index (χ3v) is 6.67. The van der Waals surface area contributed by atoms with Gasteiger partial charge in [-0.05, 0) is 30.7 Å². The first-order chi connectivity index (χ1) is 17.2. The van der Waals surface area contributed by atoms with E-state index in [0.717, 1.165) is 0 Å². The number of rotatable bonds is 11. The Morgan fingerprint density at radius 1 is 1.19 bits per heavy atom. The summed E-state index contributed by atoms with van der Waals surface area (Å²) in [6.07, 6.45) is 2.07. The molecule has 188 valence electrons. The molecule has 0 bridgehead atoms. The molecule has 0 fully saturated rings. The van der Waals surface area contributed by atoms with Crippen LogP contribution < -0.4 is 10.6 Å². The second-order valence-corrected chi connectivity index (χ2v) is 9.28. The van der Waals surface area contributed by atoms with Crippen molar-refractivity contribution in [3.63, 3.8) is 0 Å². The minimum atomic E-state index is -0.518. The smallest absolute Gasteiger partial charge is 0.271 e. The van der Waals surface area contributed by atoms with Crippen molar-refractivity contribution in [3.8, 4) is 0 Å².